The molecule has 0 heterocycles. The molecule has 0 aromatic carbocycles. The molecule has 0 bridgehead atoms. The Hall–Kier alpha value is -0.830. The first-order valence-electron chi connectivity index (χ1n) is 8.77. The van der Waals surface area contributed by atoms with Crippen LogP contribution in [-0.4, -0.2) is 25.2 Å². The summed E-state index contributed by atoms with van der Waals surface area (Å²) >= 11 is 0. The van der Waals surface area contributed by atoms with Gasteiger partial charge in [0.05, 0.1) is 0 Å². The van der Waals surface area contributed by atoms with E-state index in [-0.39, 0.29) is 12.0 Å². The van der Waals surface area contributed by atoms with E-state index in [1.807, 2.05) is 0 Å². The van der Waals surface area contributed by atoms with Crippen molar-refractivity contribution in [3.05, 3.63) is 12.7 Å². The topological polar surface area (TPSA) is 38.3 Å². The average molecular weight is 297 g/mol. The van der Waals surface area contributed by atoms with Crippen LogP contribution in [0.25, 0.3) is 0 Å². The lowest BCUT2D eigenvalue weighted by atomic mass is 10.1. The molecule has 21 heavy (non-hydrogen) atoms. The van der Waals surface area contributed by atoms with Crippen LogP contribution in [0.2, 0.25) is 0 Å². The zero-order valence-electron chi connectivity index (χ0n) is 14.2. The van der Waals surface area contributed by atoms with Crippen LogP contribution >= 0.6 is 0 Å². The van der Waals surface area contributed by atoms with Gasteiger partial charge in [-0.25, -0.2) is 4.79 Å². The van der Waals surface area contributed by atoms with E-state index in [9.17, 15) is 4.79 Å². The molecule has 0 aromatic rings. The van der Waals surface area contributed by atoms with Gasteiger partial charge in [-0.1, -0.05) is 71.8 Å². The average Bonchev–Trinajstić information content (AvgIpc) is 2.51. The molecule has 0 aliphatic heterocycles. The third-order valence-corrected chi connectivity index (χ3v) is 3.71. The Labute approximate surface area is 131 Å². The van der Waals surface area contributed by atoms with Crippen molar-refractivity contribution in [1.29, 1.82) is 0 Å². The van der Waals surface area contributed by atoms with Gasteiger partial charge in [0.25, 0.3) is 0 Å². The monoisotopic (exact) mass is 297 g/mol. The van der Waals surface area contributed by atoms with E-state index in [4.69, 9.17) is 4.74 Å². The zero-order chi connectivity index (χ0) is 15.8. The van der Waals surface area contributed by atoms with Crippen LogP contribution < -0.4 is 5.32 Å². The highest BCUT2D eigenvalue weighted by Crippen LogP contribution is 2.07. The molecule has 124 valence electrons. The van der Waals surface area contributed by atoms with E-state index in [1.54, 1.807) is 0 Å². The molecule has 0 rings (SSSR count). The van der Waals surface area contributed by atoms with Crippen molar-refractivity contribution in [2.75, 3.05) is 13.2 Å². The molecule has 0 radical (unpaired) electrons. The maximum absolute atomic E-state index is 11.2. The van der Waals surface area contributed by atoms with Gasteiger partial charge in [0.15, 0.2) is 0 Å². The van der Waals surface area contributed by atoms with Crippen LogP contribution in [0.4, 0.5) is 0 Å². The van der Waals surface area contributed by atoms with Crippen LogP contribution in [0.1, 0.15) is 78.1 Å². The number of carbonyl (C=O) groups excluding carboxylic acids is 1. The molecule has 1 N–H and O–H groups in total. The molecular weight excluding hydrogens is 262 g/mol. The zero-order valence-corrected chi connectivity index (χ0v) is 14.2. The summed E-state index contributed by atoms with van der Waals surface area (Å²) in [5, 5.41) is 3.54. The molecule has 0 spiro atoms. The van der Waals surface area contributed by atoms with Crippen molar-refractivity contribution in [3.63, 3.8) is 0 Å². The van der Waals surface area contributed by atoms with Gasteiger partial charge in [0, 0.05) is 12.1 Å². The Morgan fingerprint density at radius 2 is 1.67 bits per heavy atom. The van der Waals surface area contributed by atoms with E-state index < -0.39 is 0 Å². The van der Waals surface area contributed by atoms with E-state index in [0.717, 1.165) is 13.0 Å². The lowest BCUT2D eigenvalue weighted by molar-refractivity contribution is -0.138. The third kappa shape index (κ3) is 13.9. The van der Waals surface area contributed by atoms with Gasteiger partial charge in [-0.2, -0.15) is 0 Å². The number of ether oxygens (including phenoxy) is 1. The van der Waals surface area contributed by atoms with Crippen molar-refractivity contribution in [2.45, 2.75) is 84.1 Å². The van der Waals surface area contributed by atoms with Gasteiger partial charge in [0.2, 0.25) is 0 Å². The second-order valence-corrected chi connectivity index (χ2v) is 5.75. The van der Waals surface area contributed by atoms with Crippen LogP contribution in [0.5, 0.6) is 0 Å². The number of hydrogen-bond acceptors (Lipinski definition) is 3. The van der Waals surface area contributed by atoms with Crippen molar-refractivity contribution < 1.29 is 9.53 Å². The van der Waals surface area contributed by atoms with Gasteiger partial charge in [-0.3, -0.25) is 0 Å². The lowest BCUT2D eigenvalue weighted by Gasteiger charge is -2.18. The summed E-state index contributed by atoms with van der Waals surface area (Å²) in [6.45, 7) is 9.37. The summed E-state index contributed by atoms with van der Waals surface area (Å²) in [7, 11) is 0. The molecule has 0 saturated carbocycles. The minimum Gasteiger partial charge on any atom is -0.461 e. The predicted octanol–water partition coefficient (Wildman–Crippen LogP) is 4.61. The van der Waals surface area contributed by atoms with E-state index >= 15 is 0 Å². The van der Waals surface area contributed by atoms with E-state index in [1.165, 1.54) is 63.9 Å². The van der Waals surface area contributed by atoms with Crippen molar-refractivity contribution in [2.24, 2.45) is 0 Å². The van der Waals surface area contributed by atoms with Crippen LogP contribution in [0, 0.1) is 0 Å². The van der Waals surface area contributed by atoms with Crippen molar-refractivity contribution in [1.82, 2.24) is 5.32 Å². The number of esters is 1. The predicted molar refractivity (Wildman–Crippen MR) is 90.5 cm³/mol. The Morgan fingerprint density at radius 1 is 1.05 bits per heavy atom. The summed E-state index contributed by atoms with van der Waals surface area (Å²) in [5.74, 6) is -0.321. The summed E-state index contributed by atoms with van der Waals surface area (Å²) in [4.78, 5) is 11.2. The molecule has 0 aliphatic carbocycles. The molecule has 1 atom stereocenters. The first-order chi connectivity index (χ1) is 10.2. The third-order valence-electron chi connectivity index (χ3n) is 3.71. The molecule has 0 amide bonds. The summed E-state index contributed by atoms with van der Waals surface area (Å²) < 4.78 is 5.19. The first-order valence-corrected chi connectivity index (χ1v) is 8.77. The number of unbranched alkanes of at least 4 members (excludes halogenated alkanes) is 7. The van der Waals surface area contributed by atoms with Crippen LogP contribution in [0.15, 0.2) is 12.7 Å². The fraction of sp³-hybridized carbons (Fsp3) is 0.833. The fourth-order valence-electron chi connectivity index (χ4n) is 2.34. The largest absolute Gasteiger partial charge is 0.461 e. The first kappa shape index (κ1) is 20.2. The smallest absolute Gasteiger partial charge is 0.330 e. The Balaban J connectivity index is 3.82. The quantitative estimate of drug-likeness (QED) is 0.272. The number of hydrogen-bond donors (Lipinski definition) is 1. The normalized spacial score (nSPS) is 12.1. The second kappa shape index (κ2) is 15.6. The summed E-state index contributed by atoms with van der Waals surface area (Å²) in [6.07, 6.45) is 13.8. The van der Waals surface area contributed by atoms with Gasteiger partial charge in [-0.15, -0.1) is 0 Å². The molecule has 0 fully saturated rings. The molecule has 1 unspecified atom stereocenters. The van der Waals surface area contributed by atoms with Gasteiger partial charge in [0.1, 0.15) is 6.61 Å². The SMILES string of the molecule is C=CC(=O)OCC(CCCCCC)NCCCCCCC. The van der Waals surface area contributed by atoms with E-state index in [0.29, 0.717) is 6.61 Å². The fourth-order valence-corrected chi connectivity index (χ4v) is 2.34. The minimum atomic E-state index is -0.321. The number of rotatable bonds is 15. The molecule has 0 aromatic heterocycles. The Bertz CT molecular complexity index is 254. The standard InChI is InChI=1S/C18H35NO2/c1-4-7-9-11-13-15-19-17(14-12-10-8-5-2)16-21-18(20)6-3/h6,17,19H,3-5,7-16H2,1-2H3. The van der Waals surface area contributed by atoms with E-state index in [2.05, 4.69) is 25.7 Å². The highest BCUT2D eigenvalue weighted by atomic mass is 16.5. The Morgan fingerprint density at radius 3 is 2.29 bits per heavy atom. The molecular formula is C18H35NO2. The van der Waals surface area contributed by atoms with Crippen LogP contribution in [0.3, 0.4) is 0 Å². The van der Waals surface area contributed by atoms with Gasteiger partial charge in [-0.05, 0) is 19.4 Å². The van der Waals surface area contributed by atoms with Crippen LogP contribution in [-0.2, 0) is 9.53 Å². The highest BCUT2D eigenvalue weighted by Gasteiger charge is 2.09. The van der Waals surface area contributed by atoms with Gasteiger partial charge >= 0.3 is 5.97 Å². The Kier molecular flexibility index (Phi) is 14.9. The number of nitrogens with one attached hydrogen (secondary N) is 1. The molecule has 0 aliphatic rings. The maximum atomic E-state index is 11.2. The molecule has 0 saturated heterocycles. The number of carbonyl (C=O) groups is 1. The lowest BCUT2D eigenvalue weighted by Crippen LogP contribution is -2.35. The summed E-state index contributed by atoms with van der Waals surface area (Å²) in [5.41, 5.74) is 0. The maximum Gasteiger partial charge on any atom is 0.330 e. The summed E-state index contributed by atoms with van der Waals surface area (Å²) in [6, 6.07) is 0.289. The highest BCUT2D eigenvalue weighted by molar-refractivity contribution is 5.81. The minimum absolute atomic E-state index is 0.289. The van der Waals surface area contributed by atoms with Gasteiger partial charge < -0.3 is 10.1 Å². The van der Waals surface area contributed by atoms with Crippen molar-refractivity contribution >= 4 is 5.97 Å². The molecule has 3 heteroatoms. The van der Waals surface area contributed by atoms with Crippen molar-refractivity contribution in [3.8, 4) is 0 Å². The molecule has 3 nitrogen and oxygen atoms in total. The second-order valence-electron chi connectivity index (χ2n) is 5.75.